The fourth-order valence-corrected chi connectivity index (χ4v) is 1.46. The maximum absolute atomic E-state index is 5.90. The Morgan fingerprint density at radius 2 is 2.43 bits per heavy atom. The molecular weight excluding hydrogens is 202 g/mol. The van der Waals surface area contributed by atoms with Crippen LogP contribution in [0, 0.1) is 5.41 Å². The molecule has 0 bridgehead atoms. The molecule has 0 spiro atoms. The third-order valence-corrected chi connectivity index (χ3v) is 2.53. The summed E-state index contributed by atoms with van der Waals surface area (Å²) >= 11 is 5.90. The second kappa shape index (κ2) is 3.71. The van der Waals surface area contributed by atoms with Gasteiger partial charge in [-0.3, -0.25) is 0 Å². The molecule has 2 heterocycles. The number of hydrogen-bond donors (Lipinski definition) is 1. The first-order valence-electron chi connectivity index (χ1n) is 4.47. The van der Waals surface area contributed by atoms with Crippen LogP contribution >= 0.6 is 11.6 Å². The average molecular weight is 214 g/mol. The summed E-state index contributed by atoms with van der Waals surface area (Å²) in [6, 6.07) is 0. The van der Waals surface area contributed by atoms with Gasteiger partial charge in [-0.05, 0) is 0 Å². The van der Waals surface area contributed by atoms with E-state index in [4.69, 9.17) is 16.3 Å². The van der Waals surface area contributed by atoms with Crippen molar-refractivity contribution in [2.75, 3.05) is 25.1 Å². The van der Waals surface area contributed by atoms with Crippen LogP contribution in [0.5, 0.6) is 0 Å². The zero-order valence-electron chi connectivity index (χ0n) is 7.96. The molecule has 1 aliphatic heterocycles. The summed E-state index contributed by atoms with van der Waals surface area (Å²) in [4.78, 5) is 7.86. The molecule has 1 aromatic heterocycles. The van der Waals surface area contributed by atoms with Gasteiger partial charge in [0.1, 0.15) is 17.2 Å². The Morgan fingerprint density at radius 3 is 3.00 bits per heavy atom. The van der Waals surface area contributed by atoms with Crippen molar-refractivity contribution >= 4 is 17.4 Å². The molecular formula is C9H12ClN3O. The van der Waals surface area contributed by atoms with Gasteiger partial charge >= 0.3 is 0 Å². The van der Waals surface area contributed by atoms with Crippen molar-refractivity contribution in [1.82, 2.24) is 9.97 Å². The molecule has 0 amide bonds. The molecule has 0 atom stereocenters. The van der Waals surface area contributed by atoms with E-state index in [0.717, 1.165) is 19.8 Å². The SMILES string of the molecule is CC1(CNc2ncncc2Cl)COC1. The number of hydrogen-bond acceptors (Lipinski definition) is 4. The van der Waals surface area contributed by atoms with Gasteiger partial charge in [0.15, 0.2) is 0 Å². The summed E-state index contributed by atoms with van der Waals surface area (Å²) in [5, 5.41) is 3.74. The van der Waals surface area contributed by atoms with E-state index < -0.39 is 0 Å². The lowest BCUT2D eigenvalue weighted by atomic mass is 9.89. The van der Waals surface area contributed by atoms with Crippen LogP contribution in [-0.4, -0.2) is 29.7 Å². The highest BCUT2D eigenvalue weighted by atomic mass is 35.5. The molecule has 76 valence electrons. The zero-order valence-corrected chi connectivity index (χ0v) is 8.71. The highest BCUT2D eigenvalue weighted by Crippen LogP contribution is 2.27. The summed E-state index contributed by atoms with van der Waals surface area (Å²) in [6.45, 7) is 4.58. The smallest absolute Gasteiger partial charge is 0.148 e. The third-order valence-electron chi connectivity index (χ3n) is 2.25. The van der Waals surface area contributed by atoms with Gasteiger partial charge in [-0.1, -0.05) is 18.5 Å². The third kappa shape index (κ3) is 1.96. The van der Waals surface area contributed by atoms with Crippen LogP contribution < -0.4 is 5.32 Å². The molecule has 0 saturated carbocycles. The van der Waals surface area contributed by atoms with Gasteiger partial charge in [0.25, 0.3) is 0 Å². The van der Waals surface area contributed by atoms with Crippen molar-refractivity contribution in [1.29, 1.82) is 0 Å². The Kier molecular flexibility index (Phi) is 2.56. The number of nitrogens with one attached hydrogen (secondary N) is 1. The van der Waals surface area contributed by atoms with Crippen molar-refractivity contribution in [2.24, 2.45) is 5.41 Å². The largest absolute Gasteiger partial charge is 0.380 e. The monoisotopic (exact) mass is 213 g/mol. The number of aromatic nitrogens is 2. The van der Waals surface area contributed by atoms with E-state index in [1.807, 2.05) is 0 Å². The van der Waals surface area contributed by atoms with Crippen molar-refractivity contribution in [3.63, 3.8) is 0 Å². The molecule has 1 aromatic rings. The van der Waals surface area contributed by atoms with Gasteiger partial charge in [-0.2, -0.15) is 0 Å². The predicted molar refractivity (Wildman–Crippen MR) is 54.5 cm³/mol. The molecule has 0 aliphatic carbocycles. The van der Waals surface area contributed by atoms with Crippen LogP contribution in [0.15, 0.2) is 12.5 Å². The lowest BCUT2D eigenvalue weighted by molar-refractivity contribution is -0.0924. The number of rotatable bonds is 3. The first kappa shape index (κ1) is 9.68. The first-order chi connectivity index (χ1) is 6.70. The normalized spacial score (nSPS) is 18.7. The number of anilines is 1. The molecule has 4 nitrogen and oxygen atoms in total. The van der Waals surface area contributed by atoms with Gasteiger partial charge < -0.3 is 10.1 Å². The maximum Gasteiger partial charge on any atom is 0.148 e. The highest BCUT2D eigenvalue weighted by Gasteiger charge is 2.33. The van der Waals surface area contributed by atoms with E-state index in [0.29, 0.717) is 10.8 Å². The Balaban J connectivity index is 1.95. The van der Waals surface area contributed by atoms with E-state index in [1.54, 1.807) is 6.20 Å². The summed E-state index contributed by atoms with van der Waals surface area (Å²) in [5.74, 6) is 0.690. The molecule has 1 fully saturated rings. The number of nitrogens with zero attached hydrogens (tertiary/aromatic N) is 2. The van der Waals surface area contributed by atoms with Crippen LogP contribution in [0.2, 0.25) is 5.02 Å². The van der Waals surface area contributed by atoms with Crippen LogP contribution in [0.3, 0.4) is 0 Å². The number of halogens is 1. The molecule has 5 heteroatoms. The Bertz CT molecular complexity index is 328. The molecule has 0 aromatic carbocycles. The minimum atomic E-state index is 0.217. The van der Waals surface area contributed by atoms with E-state index >= 15 is 0 Å². The van der Waals surface area contributed by atoms with Crippen LogP contribution in [0.4, 0.5) is 5.82 Å². The van der Waals surface area contributed by atoms with Crippen LogP contribution in [0.1, 0.15) is 6.92 Å². The van der Waals surface area contributed by atoms with Gasteiger partial charge in [0.05, 0.1) is 19.4 Å². The topological polar surface area (TPSA) is 47.0 Å². The molecule has 0 radical (unpaired) electrons. The van der Waals surface area contributed by atoms with E-state index in [1.165, 1.54) is 6.33 Å². The summed E-state index contributed by atoms with van der Waals surface area (Å²) < 4.78 is 5.15. The van der Waals surface area contributed by atoms with E-state index in [-0.39, 0.29) is 5.41 Å². The Hall–Kier alpha value is -0.870. The van der Waals surface area contributed by atoms with Crippen molar-refractivity contribution < 1.29 is 4.74 Å². The molecule has 0 unspecified atom stereocenters. The first-order valence-corrected chi connectivity index (χ1v) is 4.85. The van der Waals surface area contributed by atoms with Crippen molar-refractivity contribution in [3.8, 4) is 0 Å². The predicted octanol–water partition coefficient (Wildman–Crippen LogP) is 1.58. The second-order valence-electron chi connectivity index (χ2n) is 3.88. The lowest BCUT2D eigenvalue weighted by Crippen LogP contribution is -2.45. The maximum atomic E-state index is 5.90. The summed E-state index contributed by atoms with van der Waals surface area (Å²) in [6.07, 6.45) is 3.06. The zero-order chi connectivity index (χ0) is 10.0. The van der Waals surface area contributed by atoms with Crippen LogP contribution in [0.25, 0.3) is 0 Å². The quantitative estimate of drug-likeness (QED) is 0.828. The molecule has 1 saturated heterocycles. The second-order valence-corrected chi connectivity index (χ2v) is 4.28. The standard InChI is InChI=1S/C9H12ClN3O/c1-9(4-14-5-9)3-12-8-7(10)2-11-6-13-8/h2,6H,3-5H2,1H3,(H,11,12,13). The molecule has 1 aliphatic rings. The van der Waals surface area contributed by atoms with Gasteiger partial charge in [0.2, 0.25) is 0 Å². The van der Waals surface area contributed by atoms with Crippen molar-refractivity contribution in [3.05, 3.63) is 17.5 Å². The Labute approximate surface area is 87.7 Å². The Morgan fingerprint density at radius 1 is 1.64 bits per heavy atom. The molecule has 2 rings (SSSR count). The van der Waals surface area contributed by atoms with Gasteiger partial charge in [0, 0.05) is 12.0 Å². The molecule has 14 heavy (non-hydrogen) atoms. The van der Waals surface area contributed by atoms with E-state index in [2.05, 4.69) is 22.2 Å². The van der Waals surface area contributed by atoms with E-state index in [9.17, 15) is 0 Å². The van der Waals surface area contributed by atoms with Crippen molar-refractivity contribution in [2.45, 2.75) is 6.92 Å². The summed E-state index contributed by atoms with van der Waals surface area (Å²) in [5.41, 5.74) is 0.217. The fourth-order valence-electron chi connectivity index (χ4n) is 1.29. The minimum Gasteiger partial charge on any atom is -0.380 e. The highest BCUT2D eigenvalue weighted by molar-refractivity contribution is 6.32. The van der Waals surface area contributed by atoms with Gasteiger partial charge in [-0.25, -0.2) is 9.97 Å². The molecule has 1 N–H and O–H groups in total. The fraction of sp³-hybridized carbons (Fsp3) is 0.556. The number of ether oxygens (including phenoxy) is 1. The average Bonchev–Trinajstić information content (AvgIpc) is 2.14. The van der Waals surface area contributed by atoms with Crippen LogP contribution in [-0.2, 0) is 4.74 Å². The van der Waals surface area contributed by atoms with Gasteiger partial charge in [-0.15, -0.1) is 0 Å². The lowest BCUT2D eigenvalue weighted by Gasteiger charge is -2.38. The summed E-state index contributed by atoms with van der Waals surface area (Å²) in [7, 11) is 0. The minimum absolute atomic E-state index is 0.217.